The van der Waals surface area contributed by atoms with Crippen LogP contribution >= 0.6 is 0 Å². The lowest BCUT2D eigenvalue weighted by Crippen LogP contribution is -2.15. The van der Waals surface area contributed by atoms with Crippen LogP contribution in [-0.2, 0) is 25.5 Å². The average Bonchev–Trinajstić information content (AvgIpc) is 3.09. The van der Waals surface area contributed by atoms with E-state index < -0.39 is 49.4 Å². The Labute approximate surface area is 286 Å². The van der Waals surface area contributed by atoms with Gasteiger partial charge >= 0.3 is 18.1 Å². The minimum absolute atomic E-state index is 0.0240. The standard InChI is InChI=1S/C37H39F5O8/c1-24(22-43)35(45)49-19-17-47-28-11-8-26(9-12-28)29-13-14-30(34(39)31(29)7-5-3-4-6-16-37(40,41)42)27-10-15-33(32(38)21-27)48-18-20-50-36(46)25(2)23-44/h8-15,21,43-44H,1-7,16-20,22-23H2. The summed E-state index contributed by atoms with van der Waals surface area (Å²) in [4.78, 5) is 23.2. The molecular weight excluding hydrogens is 667 g/mol. The van der Waals surface area contributed by atoms with Gasteiger partial charge in [-0.25, -0.2) is 18.4 Å². The van der Waals surface area contributed by atoms with Crippen molar-refractivity contribution in [3.05, 3.63) is 96.1 Å². The van der Waals surface area contributed by atoms with Crippen LogP contribution in [0.25, 0.3) is 22.3 Å². The molecule has 0 aliphatic carbocycles. The quantitative estimate of drug-likeness (QED) is 0.0546. The highest BCUT2D eigenvalue weighted by Crippen LogP contribution is 2.36. The number of hydrogen-bond acceptors (Lipinski definition) is 8. The number of hydrogen-bond donors (Lipinski definition) is 2. The summed E-state index contributed by atoms with van der Waals surface area (Å²) in [5.74, 6) is -2.65. The van der Waals surface area contributed by atoms with E-state index in [-0.39, 0.29) is 67.3 Å². The van der Waals surface area contributed by atoms with Gasteiger partial charge in [0.25, 0.3) is 0 Å². The smallest absolute Gasteiger partial charge is 0.389 e. The van der Waals surface area contributed by atoms with E-state index in [1.54, 1.807) is 30.3 Å². The first-order chi connectivity index (χ1) is 23.8. The largest absolute Gasteiger partial charge is 0.490 e. The van der Waals surface area contributed by atoms with Gasteiger partial charge in [0.1, 0.15) is 38.0 Å². The number of aliphatic hydroxyl groups excluding tert-OH is 2. The van der Waals surface area contributed by atoms with Crippen molar-refractivity contribution >= 4 is 11.9 Å². The fraction of sp³-hybridized carbons (Fsp3) is 0.351. The topological polar surface area (TPSA) is 112 Å². The molecule has 0 saturated carbocycles. The summed E-state index contributed by atoms with van der Waals surface area (Å²) in [6.07, 6.45) is -3.72. The van der Waals surface area contributed by atoms with Crippen molar-refractivity contribution in [3.8, 4) is 33.8 Å². The van der Waals surface area contributed by atoms with Crippen LogP contribution in [0.2, 0.25) is 0 Å². The van der Waals surface area contributed by atoms with Gasteiger partial charge < -0.3 is 29.2 Å². The highest BCUT2D eigenvalue weighted by atomic mass is 19.4. The molecular formula is C37H39F5O8. The molecule has 0 fully saturated rings. The van der Waals surface area contributed by atoms with Gasteiger partial charge in [0.05, 0.1) is 24.4 Å². The number of halogens is 5. The molecule has 8 nitrogen and oxygen atoms in total. The summed E-state index contributed by atoms with van der Waals surface area (Å²) in [5.41, 5.74) is 1.61. The zero-order valence-electron chi connectivity index (χ0n) is 27.3. The van der Waals surface area contributed by atoms with Crippen LogP contribution < -0.4 is 9.47 Å². The minimum Gasteiger partial charge on any atom is -0.490 e. The van der Waals surface area contributed by atoms with Crippen molar-refractivity contribution in [1.29, 1.82) is 0 Å². The molecule has 0 atom stereocenters. The number of benzene rings is 3. The Bertz CT molecular complexity index is 1620. The normalized spacial score (nSPS) is 11.2. The Hall–Kier alpha value is -4.75. The van der Waals surface area contributed by atoms with Crippen LogP contribution in [0.3, 0.4) is 0 Å². The number of unbranched alkanes of at least 4 members (excludes halogenated alkanes) is 3. The number of alkyl halides is 3. The first kappa shape index (κ1) is 39.7. The van der Waals surface area contributed by atoms with Gasteiger partial charge in [-0.3, -0.25) is 0 Å². The Morgan fingerprint density at radius 3 is 1.82 bits per heavy atom. The number of rotatable bonds is 20. The molecule has 0 radical (unpaired) electrons. The fourth-order valence-corrected chi connectivity index (χ4v) is 4.77. The third-order valence-corrected chi connectivity index (χ3v) is 7.41. The number of carbonyl (C=O) groups excluding carboxylic acids is 2. The van der Waals surface area contributed by atoms with E-state index >= 15 is 4.39 Å². The summed E-state index contributed by atoms with van der Waals surface area (Å²) in [6.45, 7) is 5.18. The van der Waals surface area contributed by atoms with Gasteiger partial charge in [0.2, 0.25) is 0 Å². The zero-order valence-corrected chi connectivity index (χ0v) is 27.3. The van der Waals surface area contributed by atoms with E-state index in [2.05, 4.69) is 13.2 Å². The maximum Gasteiger partial charge on any atom is 0.389 e. The van der Waals surface area contributed by atoms with Crippen molar-refractivity contribution in [1.82, 2.24) is 0 Å². The SMILES string of the molecule is C=C(CO)C(=O)OCCOc1ccc(-c2ccc(-c3ccc(OCCOC(=O)C(=C)CO)c(F)c3)c(F)c2CCCCCCC(F)(F)F)cc1. The molecule has 3 rings (SSSR count). The predicted octanol–water partition coefficient (Wildman–Crippen LogP) is 7.30. The van der Waals surface area contributed by atoms with Gasteiger partial charge in [0, 0.05) is 12.0 Å². The first-order valence-electron chi connectivity index (χ1n) is 15.8. The van der Waals surface area contributed by atoms with E-state index in [4.69, 9.17) is 29.2 Å². The molecule has 13 heteroatoms. The van der Waals surface area contributed by atoms with Crippen LogP contribution in [-0.4, -0.2) is 68.0 Å². The van der Waals surface area contributed by atoms with Crippen LogP contribution in [0.4, 0.5) is 22.0 Å². The van der Waals surface area contributed by atoms with E-state index in [1.807, 2.05) is 0 Å². The average molecular weight is 707 g/mol. The minimum atomic E-state index is -4.23. The van der Waals surface area contributed by atoms with E-state index in [0.717, 1.165) is 6.07 Å². The molecule has 0 unspecified atom stereocenters. The molecule has 0 bridgehead atoms. The number of ether oxygens (including phenoxy) is 4. The van der Waals surface area contributed by atoms with Crippen LogP contribution in [0.1, 0.15) is 37.7 Å². The predicted molar refractivity (Wildman–Crippen MR) is 175 cm³/mol. The Balaban J connectivity index is 1.76. The maximum atomic E-state index is 16.3. The van der Waals surface area contributed by atoms with Crippen molar-refractivity contribution < 1.29 is 60.7 Å². The lowest BCUT2D eigenvalue weighted by molar-refractivity contribution is -0.141. The van der Waals surface area contributed by atoms with Gasteiger partial charge in [0.15, 0.2) is 11.6 Å². The molecule has 3 aromatic carbocycles. The molecule has 0 saturated heterocycles. The molecule has 50 heavy (non-hydrogen) atoms. The highest BCUT2D eigenvalue weighted by molar-refractivity contribution is 5.88. The summed E-state index contributed by atoms with van der Waals surface area (Å²) in [6, 6.07) is 13.8. The Morgan fingerprint density at radius 1 is 0.680 bits per heavy atom. The van der Waals surface area contributed by atoms with E-state index in [1.165, 1.54) is 18.2 Å². The molecule has 270 valence electrons. The second-order valence-electron chi connectivity index (χ2n) is 11.1. The van der Waals surface area contributed by atoms with Crippen molar-refractivity contribution in [2.75, 3.05) is 39.6 Å². The number of carbonyl (C=O) groups is 2. The fourth-order valence-electron chi connectivity index (χ4n) is 4.77. The second kappa shape index (κ2) is 19.4. The van der Waals surface area contributed by atoms with Gasteiger partial charge in [-0.2, -0.15) is 13.2 Å². The van der Waals surface area contributed by atoms with Crippen LogP contribution in [0.15, 0.2) is 78.9 Å². The Morgan fingerprint density at radius 2 is 1.24 bits per heavy atom. The molecule has 0 heterocycles. The third kappa shape index (κ3) is 12.3. The van der Waals surface area contributed by atoms with E-state index in [0.29, 0.717) is 41.7 Å². The van der Waals surface area contributed by atoms with Crippen LogP contribution in [0.5, 0.6) is 11.5 Å². The van der Waals surface area contributed by atoms with Gasteiger partial charge in [-0.15, -0.1) is 0 Å². The van der Waals surface area contributed by atoms with E-state index in [9.17, 15) is 27.2 Å². The highest BCUT2D eigenvalue weighted by Gasteiger charge is 2.26. The van der Waals surface area contributed by atoms with Crippen LogP contribution in [0, 0.1) is 11.6 Å². The molecule has 3 aromatic rings. The van der Waals surface area contributed by atoms with Gasteiger partial charge in [-0.1, -0.05) is 56.3 Å². The molecule has 0 aliphatic rings. The van der Waals surface area contributed by atoms with Gasteiger partial charge in [-0.05, 0) is 65.8 Å². The monoisotopic (exact) mass is 706 g/mol. The molecule has 0 aromatic heterocycles. The maximum absolute atomic E-state index is 16.3. The molecule has 0 aliphatic heterocycles. The van der Waals surface area contributed by atoms with Crippen molar-refractivity contribution in [3.63, 3.8) is 0 Å². The zero-order chi connectivity index (χ0) is 36.7. The lowest BCUT2D eigenvalue weighted by Gasteiger charge is -2.16. The molecule has 0 amide bonds. The lowest BCUT2D eigenvalue weighted by atomic mass is 9.91. The first-order valence-corrected chi connectivity index (χ1v) is 15.8. The van der Waals surface area contributed by atoms with Crippen molar-refractivity contribution in [2.24, 2.45) is 0 Å². The Kier molecular flexibility index (Phi) is 15.4. The third-order valence-electron chi connectivity index (χ3n) is 7.41. The molecule has 2 N–H and O–H groups in total. The second-order valence-corrected chi connectivity index (χ2v) is 11.1. The summed E-state index contributed by atoms with van der Waals surface area (Å²) in [5, 5.41) is 17.8. The number of aliphatic hydroxyl groups is 2. The summed E-state index contributed by atoms with van der Waals surface area (Å²) < 4.78 is 89.7. The summed E-state index contributed by atoms with van der Waals surface area (Å²) >= 11 is 0. The van der Waals surface area contributed by atoms with Crippen molar-refractivity contribution in [2.45, 2.75) is 44.7 Å². The molecule has 0 spiro atoms. The summed E-state index contributed by atoms with van der Waals surface area (Å²) in [7, 11) is 0. The number of esters is 2.